The predicted molar refractivity (Wildman–Crippen MR) is 102 cm³/mol. The maximum atomic E-state index is 13.6. The second-order valence-electron chi connectivity index (χ2n) is 6.00. The zero-order chi connectivity index (χ0) is 19.2. The van der Waals surface area contributed by atoms with E-state index in [-0.39, 0.29) is 11.3 Å². The van der Waals surface area contributed by atoms with Crippen LogP contribution in [0.5, 0.6) is 5.75 Å². The highest BCUT2D eigenvalue weighted by Gasteiger charge is 2.13. The van der Waals surface area contributed by atoms with Crippen LogP contribution in [0.2, 0.25) is 0 Å². The summed E-state index contributed by atoms with van der Waals surface area (Å²) < 4.78 is 18.8. The van der Waals surface area contributed by atoms with Gasteiger partial charge in [0, 0.05) is 5.56 Å². The molecule has 0 aliphatic heterocycles. The highest BCUT2D eigenvalue weighted by Crippen LogP contribution is 2.17. The van der Waals surface area contributed by atoms with E-state index in [2.05, 4.69) is 0 Å². The van der Waals surface area contributed by atoms with E-state index in [9.17, 15) is 14.0 Å². The van der Waals surface area contributed by atoms with E-state index in [1.54, 1.807) is 48.5 Å². The van der Waals surface area contributed by atoms with Gasteiger partial charge in [-0.2, -0.15) is 0 Å². The molecule has 3 rings (SSSR count). The molecule has 0 atom stereocenters. The Hall–Kier alpha value is -3.53. The van der Waals surface area contributed by atoms with Crippen molar-refractivity contribution in [2.75, 3.05) is 0 Å². The van der Waals surface area contributed by atoms with Crippen molar-refractivity contribution < 1.29 is 18.7 Å². The van der Waals surface area contributed by atoms with Crippen molar-refractivity contribution in [3.05, 3.63) is 107 Å². The second-order valence-corrected chi connectivity index (χ2v) is 6.00. The van der Waals surface area contributed by atoms with Gasteiger partial charge in [0.15, 0.2) is 5.78 Å². The number of halogens is 1. The maximum absolute atomic E-state index is 13.6. The molecule has 0 bridgehead atoms. The van der Waals surface area contributed by atoms with Gasteiger partial charge in [0.05, 0.1) is 5.56 Å². The molecule has 0 saturated heterocycles. The molecule has 3 aromatic carbocycles. The van der Waals surface area contributed by atoms with Crippen molar-refractivity contribution >= 4 is 17.8 Å². The lowest BCUT2D eigenvalue weighted by atomic mass is 10.1. The minimum Gasteiger partial charge on any atom is -0.423 e. The van der Waals surface area contributed by atoms with Crippen LogP contribution in [0.4, 0.5) is 4.39 Å². The third kappa shape index (κ3) is 4.76. The molecule has 3 aromatic rings. The SMILES string of the molecule is Cc1ccc(C(=O)C=Cc2ccc(OC(=O)c3ccccc3F)cc2)cc1. The molecule has 0 saturated carbocycles. The van der Waals surface area contributed by atoms with Crippen molar-refractivity contribution in [2.24, 2.45) is 0 Å². The number of rotatable bonds is 5. The van der Waals surface area contributed by atoms with E-state index in [1.165, 1.54) is 24.3 Å². The Balaban J connectivity index is 1.65. The third-order valence-electron chi connectivity index (χ3n) is 3.95. The van der Waals surface area contributed by atoms with Gasteiger partial charge in [-0.3, -0.25) is 4.79 Å². The van der Waals surface area contributed by atoms with Crippen LogP contribution in [-0.4, -0.2) is 11.8 Å². The summed E-state index contributed by atoms with van der Waals surface area (Å²) in [5.74, 6) is -1.18. The van der Waals surface area contributed by atoms with E-state index in [4.69, 9.17) is 4.74 Å². The Morgan fingerprint density at radius 2 is 1.56 bits per heavy atom. The van der Waals surface area contributed by atoms with Gasteiger partial charge in [-0.25, -0.2) is 9.18 Å². The Morgan fingerprint density at radius 1 is 0.889 bits per heavy atom. The number of ketones is 1. The van der Waals surface area contributed by atoms with Gasteiger partial charge in [0.2, 0.25) is 0 Å². The van der Waals surface area contributed by atoms with Crippen molar-refractivity contribution in [1.29, 1.82) is 0 Å². The van der Waals surface area contributed by atoms with Gasteiger partial charge in [0.1, 0.15) is 11.6 Å². The fraction of sp³-hybridized carbons (Fsp3) is 0.0435. The minimum absolute atomic E-state index is 0.0925. The van der Waals surface area contributed by atoms with Gasteiger partial charge in [0.25, 0.3) is 0 Å². The monoisotopic (exact) mass is 360 g/mol. The van der Waals surface area contributed by atoms with Crippen LogP contribution in [0.3, 0.4) is 0 Å². The summed E-state index contributed by atoms with van der Waals surface area (Å²) in [6.45, 7) is 1.96. The number of carbonyl (C=O) groups is 2. The largest absolute Gasteiger partial charge is 0.423 e. The van der Waals surface area contributed by atoms with Crippen LogP contribution in [0.1, 0.15) is 31.8 Å². The standard InChI is InChI=1S/C23H17FO3/c1-16-6-11-18(12-7-16)22(25)15-10-17-8-13-19(14-9-17)27-23(26)20-4-2-3-5-21(20)24/h2-15H,1H3. The van der Waals surface area contributed by atoms with E-state index < -0.39 is 11.8 Å². The smallest absolute Gasteiger partial charge is 0.346 e. The number of carbonyl (C=O) groups excluding carboxylic acids is 2. The Morgan fingerprint density at radius 3 is 2.22 bits per heavy atom. The normalized spacial score (nSPS) is 10.7. The summed E-state index contributed by atoms with van der Waals surface area (Å²) in [6, 6.07) is 19.6. The van der Waals surface area contributed by atoms with Crippen LogP contribution in [0.25, 0.3) is 6.08 Å². The number of allylic oxidation sites excluding steroid dienone is 1. The first-order chi connectivity index (χ1) is 13.0. The van der Waals surface area contributed by atoms with Crippen molar-refractivity contribution in [2.45, 2.75) is 6.92 Å². The minimum atomic E-state index is -0.758. The first kappa shape index (κ1) is 18.3. The van der Waals surface area contributed by atoms with Crippen molar-refractivity contribution in [1.82, 2.24) is 0 Å². The van der Waals surface area contributed by atoms with E-state index in [0.29, 0.717) is 11.3 Å². The number of benzene rings is 3. The van der Waals surface area contributed by atoms with Gasteiger partial charge >= 0.3 is 5.97 Å². The molecule has 0 unspecified atom stereocenters. The van der Waals surface area contributed by atoms with E-state index in [1.807, 2.05) is 19.1 Å². The molecule has 3 nitrogen and oxygen atoms in total. The third-order valence-corrected chi connectivity index (χ3v) is 3.95. The highest BCUT2D eigenvalue weighted by molar-refractivity contribution is 6.06. The second kappa shape index (κ2) is 8.23. The van der Waals surface area contributed by atoms with Gasteiger partial charge in [-0.15, -0.1) is 0 Å². The lowest BCUT2D eigenvalue weighted by Gasteiger charge is -2.05. The fourth-order valence-corrected chi connectivity index (χ4v) is 2.42. The molecule has 0 aliphatic rings. The average Bonchev–Trinajstić information content (AvgIpc) is 2.68. The summed E-state index contributed by atoms with van der Waals surface area (Å²) >= 11 is 0. The zero-order valence-electron chi connectivity index (χ0n) is 14.7. The van der Waals surface area contributed by atoms with Gasteiger partial charge in [-0.1, -0.05) is 60.2 Å². The Labute approximate surface area is 156 Å². The molecule has 0 aromatic heterocycles. The van der Waals surface area contributed by atoms with Crippen LogP contribution >= 0.6 is 0 Å². The quantitative estimate of drug-likeness (QED) is 0.270. The molecule has 0 radical (unpaired) electrons. The molecule has 0 heterocycles. The fourth-order valence-electron chi connectivity index (χ4n) is 2.42. The van der Waals surface area contributed by atoms with Crippen LogP contribution < -0.4 is 4.74 Å². The molecule has 0 aliphatic carbocycles. The summed E-state index contributed by atoms with van der Waals surface area (Å²) in [5, 5.41) is 0. The average molecular weight is 360 g/mol. The molecule has 0 N–H and O–H groups in total. The van der Waals surface area contributed by atoms with Crippen LogP contribution in [0, 0.1) is 12.7 Å². The van der Waals surface area contributed by atoms with Crippen LogP contribution in [-0.2, 0) is 0 Å². The van der Waals surface area contributed by atoms with Gasteiger partial charge < -0.3 is 4.74 Å². The number of aryl methyl sites for hydroxylation is 1. The first-order valence-corrected chi connectivity index (χ1v) is 8.39. The van der Waals surface area contributed by atoms with Crippen molar-refractivity contribution in [3.8, 4) is 5.75 Å². The molecule has 4 heteroatoms. The Kier molecular flexibility index (Phi) is 5.57. The lowest BCUT2D eigenvalue weighted by Crippen LogP contribution is -2.10. The first-order valence-electron chi connectivity index (χ1n) is 8.39. The highest BCUT2D eigenvalue weighted by atomic mass is 19.1. The van der Waals surface area contributed by atoms with Crippen LogP contribution in [0.15, 0.2) is 78.9 Å². The van der Waals surface area contributed by atoms with Crippen molar-refractivity contribution in [3.63, 3.8) is 0 Å². The molecule has 0 fully saturated rings. The number of hydrogen-bond acceptors (Lipinski definition) is 3. The van der Waals surface area contributed by atoms with E-state index in [0.717, 1.165) is 11.1 Å². The molecule has 0 amide bonds. The summed E-state index contributed by atoms with van der Waals surface area (Å²) in [6.07, 6.45) is 3.18. The number of ether oxygens (including phenoxy) is 1. The molecule has 27 heavy (non-hydrogen) atoms. The molecular formula is C23H17FO3. The molecular weight excluding hydrogens is 343 g/mol. The van der Waals surface area contributed by atoms with Gasteiger partial charge in [-0.05, 0) is 42.8 Å². The summed E-state index contributed by atoms with van der Waals surface area (Å²) in [5.41, 5.74) is 2.37. The molecule has 134 valence electrons. The number of esters is 1. The number of hydrogen-bond donors (Lipinski definition) is 0. The topological polar surface area (TPSA) is 43.4 Å². The lowest BCUT2D eigenvalue weighted by molar-refractivity contribution is 0.0729. The zero-order valence-corrected chi connectivity index (χ0v) is 14.7. The summed E-state index contributed by atoms with van der Waals surface area (Å²) in [7, 11) is 0. The summed E-state index contributed by atoms with van der Waals surface area (Å²) in [4.78, 5) is 24.1. The maximum Gasteiger partial charge on any atom is 0.346 e. The molecule has 0 spiro atoms. The van der Waals surface area contributed by atoms with E-state index >= 15 is 0 Å². The Bertz CT molecular complexity index is 987. The predicted octanol–water partition coefficient (Wildman–Crippen LogP) is 5.25.